The lowest BCUT2D eigenvalue weighted by molar-refractivity contribution is -0.143. The predicted molar refractivity (Wildman–Crippen MR) is 134 cm³/mol. The molecule has 5 rings (SSSR count). The molecule has 1 atom stereocenters. The maximum Gasteiger partial charge on any atom is 0.326 e. The van der Waals surface area contributed by atoms with Gasteiger partial charge in [-0.3, -0.25) is 9.59 Å². The van der Waals surface area contributed by atoms with Crippen LogP contribution in [-0.2, 0) is 30.9 Å². The zero-order valence-corrected chi connectivity index (χ0v) is 22.3. The van der Waals surface area contributed by atoms with Crippen molar-refractivity contribution in [2.24, 2.45) is 4.99 Å². The fourth-order valence-corrected chi connectivity index (χ4v) is 8.48. The van der Waals surface area contributed by atoms with Gasteiger partial charge < -0.3 is 18.8 Å². The Balaban J connectivity index is 1.55. The highest BCUT2D eigenvalue weighted by Crippen LogP contribution is 2.36. The topological polar surface area (TPSA) is 116 Å². The summed E-state index contributed by atoms with van der Waals surface area (Å²) in [6.45, 7) is 2.78. The molecule has 14 heteroatoms. The summed E-state index contributed by atoms with van der Waals surface area (Å²) < 4.78 is 46.7. The molecule has 0 N–H and O–H groups in total. The van der Waals surface area contributed by atoms with E-state index in [0.717, 1.165) is 16.0 Å². The summed E-state index contributed by atoms with van der Waals surface area (Å²) in [7, 11) is -3.90. The number of fused-ring (bicyclic) bond motifs is 2. The van der Waals surface area contributed by atoms with E-state index in [-0.39, 0.29) is 28.7 Å². The van der Waals surface area contributed by atoms with Crippen molar-refractivity contribution in [1.82, 2.24) is 8.87 Å². The number of benzene rings is 1. The summed E-state index contributed by atoms with van der Waals surface area (Å²) in [5, 5.41) is 0. The van der Waals surface area contributed by atoms with Crippen molar-refractivity contribution in [2.45, 2.75) is 36.6 Å². The van der Waals surface area contributed by atoms with Crippen LogP contribution in [0.15, 0.2) is 33.5 Å². The Bertz CT molecular complexity index is 1510. The number of amides is 1. The number of hydrogen-bond donors (Lipinski definition) is 0. The second-order valence-electron chi connectivity index (χ2n) is 8.02. The molecule has 3 aromatic rings. The molecule has 10 nitrogen and oxygen atoms in total. The number of nitrogens with zero attached hydrogens (tertiary/aromatic N) is 3. The van der Waals surface area contributed by atoms with Gasteiger partial charge in [0.25, 0.3) is 15.9 Å². The van der Waals surface area contributed by atoms with E-state index >= 15 is 0 Å². The molecule has 36 heavy (non-hydrogen) atoms. The van der Waals surface area contributed by atoms with E-state index < -0.39 is 27.9 Å². The Morgan fingerprint density at radius 3 is 2.64 bits per heavy atom. The van der Waals surface area contributed by atoms with E-state index in [4.69, 9.17) is 25.8 Å². The highest BCUT2D eigenvalue weighted by Gasteiger charge is 2.40. The minimum atomic E-state index is -3.90. The number of hydrogen-bond acceptors (Lipinski definition) is 9. The molecule has 0 aliphatic carbocycles. The molecule has 0 radical (unpaired) electrons. The van der Waals surface area contributed by atoms with E-state index in [2.05, 4.69) is 4.99 Å². The molecule has 0 bridgehead atoms. The summed E-state index contributed by atoms with van der Waals surface area (Å²) in [6.07, 6.45) is 0.875. The molecule has 1 amide bonds. The van der Waals surface area contributed by atoms with Gasteiger partial charge in [-0.05, 0) is 31.9 Å². The monoisotopic (exact) mass is 571 g/mol. The average Bonchev–Trinajstić information content (AvgIpc) is 3.58. The number of carbonyl (C=O) groups excluding carboxylic acids is 2. The van der Waals surface area contributed by atoms with Gasteiger partial charge in [0.05, 0.1) is 21.2 Å². The summed E-state index contributed by atoms with van der Waals surface area (Å²) in [5.41, 5.74) is 0.632. The molecule has 0 spiro atoms. The molecule has 1 unspecified atom stereocenters. The molecule has 2 aliphatic heterocycles. The van der Waals surface area contributed by atoms with Crippen LogP contribution in [0, 0.1) is 0 Å². The van der Waals surface area contributed by atoms with Crippen LogP contribution in [0.25, 0.3) is 10.2 Å². The Kier molecular flexibility index (Phi) is 7.10. The number of aromatic nitrogens is 1. The fourth-order valence-electron chi connectivity index (χ4n) is 4.18. The van der Waals surface area contributed by atoms with Crippen LogP contribution in [-0.4, -0.2) is 61.6 Å². The van der Waals surface area contributed by atoms with Crippen LogP contribution in [0.1, 0.15) is 19.8 Å². The molecule has 1 fully saturated rings. The SMILES string of the molecule is CCOC(=O)Cn1c(=NC(=O)C2CCCN2S(=O)(=O)c2ccc(Cl)s2)sc2cc3c(cc21)OCCO3. The quantitative estimate of drug-likeness (QED) is 0.417. The third-order valence-corrected chi connectivity index (χ3v) is 10.4. The van der Waals surface area contributed by atoms with Crippen LogP contribution >= 0.6 is 34.3 Å². The van der Waals surface area contributed by atoms with Gasteiger partial charge in [-0.15, -0.1) is 11.3 Å². The fraction of sp³-hybridized carbons (Fsp3) is 0.409. The van der Waals surface area contributed by atoms with Gasteiger partial charge >= 0.3 is 5.97 Å². The normalized spacial score (nSPS) is 18.6. The van der Waals surface area contributed by atoms with E-state index in [0.29, 0.717) is 47.4 Å². The molecule has 192 valence electrons. The van der Waals surface area contributed by atoms with Crippen molar-refractivity contribution in [3.63, 3.8) is 0 Å². The third kappa shape index (κ3) is 4.77. The van der Waals surface area contributed by atoms with Crippen LogP contribution in [0.2, 0.25) is 4.34 Å². The summed E-state index contributed by atoms with van der Waals surface area (Å²) in [4.78, 5) is 30.3. The van der Waals surface area contributed by atoms with Gasteiger partial charge in [0.1, 0.15) is 30.0 Å². The standard InChI is InChI=1S/C22H22ClN3O7S3/c1-2-31-19(27)12-25-14-10-15-16(33-9-8-32-15)11-17(14)34-22(25)24-21(28)13-4-3-7-26(13)36(29,30)20-6-5-18(23)35-20/h5-6,10-11,13H,2-4,7-9,12H2,1H3. The molecule has 1 aromatic carbocycles. The number of esters is 1. The summed E-state index contributed by atoms with van der Waals surface area (Å²) >= 11 is 8.09. The summed E-state index contributed by atoms with van der Waals surface area (Å²) in [5.74, 6) is 0.0179. The molecule has 0 saturated carbocycles. The number of ether oxygens (including phenoxy) is 3. The van der Waals surface area contributed by atoms with Gasteiger partial charge in [0.15, 0.2) is 16.3 Å². The zero-order valence-electron chi connectivity index (χ0n) is 19.1. The van der Waals surface area contributed by atoms with Crippen LogP contribution in [0.5, 0.6) is 11.5 Å². The van der Waals surface area contributed by atoms with E-state index in [1.807, 2.05) is 0 Å². The molecule has 2 aromatic heterocycles. The van der Waals surface area contributed by atoms with Gasteiger partial charge in [-0.25, -0.2) is 8.42 Å². The highest BCUT2D eigenvalue weighted by atomic mass is 35.5. The van der Waals surface area contributed by atoms with Crippen molar-refractivity contribution >= 4 is 66.4 Å². The van der Waals surface area contributed by atoms with E-state index in [9.17, 15) is 18.0 Å². The number of halogens is 1. The van der Waals surface area contributed by atoms with E-state index in [1.165, 1.54) is 27.8 Å². The minimum absolute atomic E-state index is 0.0806. The van der Waals surface area contributed by atoms with Gasteiger partial charge in [-0.1, -0.05) is 22.9 Å². The lowest BCUT2D eigenvalue weighted by Gasteiger charge is -2.20. The van der Waals surface area contributed by atoms with Crippen LogP contribution in [0.3, 0.4) is 0 Å². The maximum absolute atomic E-state index is 13.3. The Morgan fingerprint density at radius 2 is 1.94 bits per heavy atom. The van der Waals surface area contributed by atoms with E-state index in [1.54, 1.807) is 23.6 Å². The van der Waals surface area contributed by atoms with Crippen molar-refractivity contribution in [1.29, 1.82) is 0 Å². The van der Waals surface area contributed by atoms with Gasteiger partial charge in [-0.2, -0.15) is 9.30 Å². The Hall–Kier alpha value is -2.45. The summed E-state index contributed by atoms with van der Waals surface area (Å²) in [6, 6.07) is 5.53. The zero-order chi connectivity index (χ0) is 25.4. The van der Waals surface area contributed by atoms with Crippen LogP contribution < -0.4 is 14.3 Å². The second-order valence-corrected chi connectivity index (χ2v) is 12.9. The lowest BCUT2D eigenvalue weighted by Crippen LogP contribution is -2.40. The number of sulfonamides is 1. The molecular weight excluding hydrogens is 550 g/mol. The largest absolute Gasteiger partial charge is 0.486 e. The number of thiazole rings is 1. The Morgan fingerprint density at radius 1 is 1.19 bits per heavy atom. The van der Waals surface area contributed by atoms with Gasteiger partial charge in [0.2, 0.25) is 0 Å². The smallest absolute Gasteiger partial charge is 0.326 e. The van der Waals surface area contributed by atoms with Crippen molar-refractivity contribution < 1.29 is 32.2 Å². The first kappa shape index (κ1) is 25.2. The average molecular weight is 572 g/mol. The van der Waals surface area contributed by atoms with Gasteiger partial charge in [0, 0.05) is 18.7 Å². The van der Waals surface area contributed by atoms with Crippen molar-refractivity contribution in [2.75, 3.05) is 26.4 Å². The number of carbonyl (C=O) groups is 2. The predicted octanol–water partition coefficient (Wildman–Crippen LogP) is 3.03. The highest BCUT2D eigenvalue weighted by molar-refractivity contribution is 7.91. The maximum atomic E-state index is 13.3. The minimum Gasteiger partial charge on any atom is -0.486 e. The molecule has 1 saturated heterocycles. The number of thiophene rings is 1. The second kappa shape index (κ2) is 10.1. The third-order valence-electron chi connectivity index (χ3n) is 5.75. The van der Waals surface area contributed by atoms with Crippen molar-refractivity contribution in [3.05, 3.63) is 33.4 Å². The first-order valence-corrected chi connectivity index (χ1v) is 14.7. The lowest BCUT2D eigenvalue weighted by atomic mass is 10.2. The van der Waals surface area contributed by atoms with Crippen molar-refractivity contribution in [3.8, 4) is 11.5 Å². The Labute approximate surface area is 219 Å². The first-order valence-electron chi connectivity index (χ1n) is 11.2. The molecular formula is C22H22ClN3O7S3. The molecule has 2 aliphatic rings. The number of rotatable bonds is 6. The first-order chi connectivity index (χ1) is 17.3. The molecule has 4 heterocycles. The van der Waals surface area contributed by atoms with Crippen LogP contribution in [0.4, 0.5) is 0 Å².